The van der Waals surface area contributed by atoms with E-state index in [9.17, 15) is 8.78 Å². The maximum Gasteiger partial charge on any atom is 0.167 e. The fourth-order valence-corrected chi connectivity index (χ4v) is 1.55. The van der Waals surface area contributed by atoms with Crippen molar-refractivity contribution in [3.63, 3.8) is 0 Å². The Bertz CT molecular complexity index is 650. The summed E-state index contributed by atoms with van der Waals surface area (Å²) in [6, 6.07) is 9.15. The van der Waals surface area contributed by atoms with Gasteiger partial charge in [0.25, 0.3) is 0 Å². The van der Waals surface area contributed by atoms with Crippen molar-refractivity contribution in [2.24, 2.45) is 0 Å². The highest BCUT2D eigenvalue weighted by Crippen LogP contribution is 2.26. The topological polar surface area (TPSA) is 53.2 Å². The standard InChI is InChI=1S/C14H9F2NO2/c15-11-3-10(8-18)4-12(6-11)19-14-2-1-9(7-17)5-13(14)16/h1-6,18H,8H2. The van der Waals surface area contributed by atoms with E-state index in [-0.39, 0.29) is 23.7 Å². The molecule has 2 rings (SSSR count). The first kappa shape index (κ1) is 13.0. The summed E-state index contributed by atoms with van der Waals surface area (Å²) in [5.41, 5.74) is 0.490. The molecule has 3 nitrogen and oxygen atoms in total. The van der Waals surface area contributed by atoms with Gasteiger partial charge in [-0.15, -0.1) is 0 Å². The van der Waals surface area contributed by atoms with E-state index in [0.717, 1.165) is 18.2 Å². The summed E-state index contributed by atoms with van der Waals surface area (Å²) in [5, 5.41) is 17.6. The van der Waals surface area contributed by atoms with Gasteiger partial charge >= 0.3 is 0 Å². The van der Waals surface area contributed by atoms with Crippen molar-refractivity contribution < 1.29 is 18.6 Å². The van der Waals surface area contributed by atoms with Crippen molar-refractivity contribution in [1.29, 1.82) is 5.26 Å². The Labute approximate surface area is 108 Å². The third kappa shape index (κ3) is 3.06. The maximum atomic E-state index is 13.6. The molecule has 1 N–H and O–H groups in total. The summed E-state index contributed by atoms with van der Waals surface area (Å²) in [4.78, 5) is 0. The number of halogens is 2. The summed E-state index contributed by atoms with van der Waals surface area (Å²) in [6.07, 6.45) is 0. The molecule has 0 heterocycles. The molecule has 0 aliphatic carbocycles. The lowest BCUT2D eigenvalue weighted by Crippen LogP contribution is -1.92. The molecule has 0 aromatic heterocycles. The van der Waals surface area contributed by atoms with Crippen LogP contribution in [0.5, 0.6) is 11.5 Å². The lowest BCUT2D eigenvalue weighted by Gasteiger charge is -2.08. The van der Waals surface area contributed by atoms with Gasteiger partial charge in [0.2, 0.25) is 0 Å². The number of aliphatic hydroxyl groups is 1. The van der Waals surface area contributed by atoms with Crippen LogP contribution in [0.25, 0.3) is 0 Å². The fourth-order valence-electron chi connectivity index (χ4n) is 1.55. The van der Waals surface area contributed by atoms with Crippen LogP contribution in [-0.2, 0) is 6.61 Å². The van der Waals surface area contributed by atoms with Crippen molar-refractivity contribution in [2.45, 2.75) is 6.61 Å². The van der Waals surface area contributed by atoms with E-state index in [2.05, 4.69) is 0 Å². The second kappa shape index (κ2) is 5.46. The first-order valence-electron chi connectivity index (χ1n) is 5.40. The zero-order valence-corrected chi connectivity index (χ0v) is 9.73. The highest BCUT2D eigenvalue weighted by atomic mass is 19.1. The molecule has 0 atom stereocenters. The minimum atomic E-state index is -0.714. The zero-order chi connectivity index (χ0) is 13.8. The van der Waals surface area contributed by atoms with Crippen LogP contribution < -0.4 is 4.74 Å². The molecule has 0 fully saturated rings. The SMILES string of the molecule is N#Cc1ccc(Oc2cc(F)cc(CO)c2)c(F)c1. The molecule has 0 bridgehead atoms. The molecule has 0 aliphatic heterocycles. The highest BCUT2D eigenvalue weighted by molar-refractivity contribution is 5.39. The van der Waals surface area contributed by atoms with Crippen molar-refractivity contribution in [3.8, 4) is 17.6 Å². The average Bonchev–Trinajstić information content (AvgIpc) is 2.40. The van der Waals surface area contributed by atoms with Gasteiger partial charge in [0.05, 0.1) is 18.2 Å². The van der Waals surface area contributed by atoms with Crippen LogP contribution in [0.4, 0.5) is 8.78 Å². The summed E-state index contributed by atoms with van der Waals surface area (Å²) >= 11 is 0. The second-order valence-electron chi connectivity index (χ2n) is 3.81. The van der Waals surface area contributed by atoms with Crippen molar-refractivity contribution >= 4 is 0 Å². The molecule has 0 saturated carbocycles. The van der Waals surface area contributed by atoms with Crippen LogP contribution in [0, 0.1) is 23.0 Å². The van der Waals surface area contributed by atoms with Gasteiger partial charge in [-0.2, -0.15) is 5.26 Å². The molecule has 0 unspecified atom stereocenters. The van der Waals surface area contributed by atoms with E-state index in [0.29, 0.717) is 5.56 Å². The van der Waals surface area contributed by atoms with Gasteiger partial charge in [-0.1, -0.05) is 0 Å². The van der Waals surface area contributed by atoms with Gasteiger partial charge in [-0.3, -0.25) is 0 Å². The molecular weight excluding hydrogens is 252 g/mol. The van der Waals surface area contributed by atoms with Gasteiger partial charge in [0.1, 0.15) is 11.6 Å². The van der Waals surface area contributed by atoms with Crippen LogP contribution in [0.1, 0.15) is 11.1 Å². The average molecular weight is 261 g/mol. The molecule has 0 spiro atoms. The Hall–Kier alpha value is -2.45. The van der Waals surface area contributed by atoms with Gasteiger partial charge in [-0.05, 0) is 35.9 Å². The van der Waals surface area contributed by atoms with Crippen LogP contribution in [-0.4, -0.2) is 5.11 Å². The highest BCUT2D eigenvalue weighted by Gasteiger charge is 2.08. The number of benzene rings is 2. The quantitative estimate of drug-likeness (QED) is 0.923. The first-order chi connectivity index (χ1) is 9.12. The Morgan fingerprint density at radius 2 is 1.95 bits per heavy atom. The third-order valence-corrected chi connectivity index (χ3v) is 2.40. The predicted octanol–water partition coefficient (Wildman–Crippen LogP) is 3.12. The predicted molar refractivity (Wildman–Crippen MR) is 63.5 cm³/mol. The summed E-state index contributed by atoms with van der Waals surface area (Å²) in [5.74, 6) is -1.34. The van der Waals surface area contributed by atoms with Gasteiger partial charge < -0.3 is 9.84 Å². The maximum absolute atomic E-state index is 13.6. The Morgan fingerprint density at radius 3 is 2.58 bits per heavy atom. The van der Waals surface area contributed by atoms with Gasteiger partial charge in [0, 0.05) is 6.07 Å². The molecule has 96 valence electrons. The van der Waals surface area contributed by atoms with E-state index in [1.165, 1.54) is 18.2 Å². The van der Waals surface area contributed by atoms with Crippen LogP contribution >= 0.6 is 0 Å². The first-order valence-corrected chi connectivity index (χ1v) is 5.40. The smallest absolute Gasteiger partial charge is 0.167 e. The van der Waals surface area contributed by atoms with Crippen molar-refractivity contribution in [1.82, 2.24) is 0 Å². The van der Waals surface area contributed by atoms with Crippen molar-refractivity contribution in [2.75, 3.05) is 0 Å². The van der Waals surface area contributed by atoms with Gasteiger partial charge in [0.15, 0.2) is 11.6 Å². The fraction of sp³-hybridized carbons (Fsp3) is 0.0714. The van der Waals surface area contributed by atoms with Crippen LogP contribution in [0.2, 0.25) is 0 Å². The van der Waals surface area contributed by atoms with E-state index < -0.39 is 11.6 Å². The van der Waals surface area contributed by atoms with Gasteiger partial charge in [-0.25, -0.2) is 8.78 Å². The molecule has 0 amide bonds. The Balaban J connectivity index is 2.31. The number of nitriles is 1. The largest absolute Gasteiger partial charge is 0.454 e. The van der Waals surface area contributed by atoms with E-state index >= 15 is 0 Å². The second-order valence-corrected chi connectivity index (χ2v) is 3.81. The number of hydrogen-bond donors (Lipinski definition) is 1. The van der Waals surface area contributed by atoms with E-state index in [4.69, 9.17) is 15.1 Å². The number of ether oxygens (including phenoxy) is 1. The lowest BCUT2D eigenvalue weighted by atomic mass is 10.2. The van der Waals surface area contributed by atoms with Crippen LogP contribution in [0.3, 0.4) is 0 Å². The van der Waals surface area contributed by atoms with E-state index in [1.807, 2.05) is 0 Å². The minimum absolute atomic E-state index is 0.0765. The van der Waals surface area contributed by atoms with E-state index in [1.54, 1.807) is 6.07 Å². The summed E-state index contributed by atoms with van der Waals surface area (Å²) < 4.78 is 32.0. The molecule has 19 heavy (non-hydrogen) atoms. The molecule has 2 aromatic carbocycles. The molecule has 0 radical (unpaired) electrons. The normalized spacial score (nSPS) is 10.0. The van der Waals surface area contributed by atoms with Crippen LogP contribution in [0.15, 0.2) is 36.4 Å². The molecule has 0 saturated heterocycles. The Morgan fingerprint density at radius 1 is 1.16 bits per heavy atom. The minimum Gasteiger partial charge on any atom is -0.454 e. The lowest BCUT2D eigenvalue weighted by molar-refractivity contribution is 0.280. The molecule has 5 heteroatoms. The zero-order valence-electron chi connectivity index (χ0n) is 9.73. The number of rotatable bonds is 3. The monoisotopic (exact) mass is 261 g/mol. The number of nitrogens with zero attached hydrogens (tertiary/aromatic N) is 1. The summed E-state index contributed by atoms with van der Waals surface area (Å²) in [6.45, 7) is -0.343. The third-order valence-electron chi connectivity index (χ3n) is 2.40. The van der Waals surface area contributed by atoms with Crippen molar-refractivity contribution in [3.05, 3.63) is 59.2 Å². The number of hydrogen-bond acceptors (Lipinski definition) is 3. The number of aliphatic hydroxyl groups excluding tert-OH is 1. The molecular formula is C14H9F2NO2. The molecule has 0 aliphatic rings. The molecule has 2 aromatic rings. The Kier molecular flexibility index (Phi) is 3.74. The summed E-state index contributed by atoms with van der Waals surface area (Å²) in [7, 11) is 0.